The van der Waals surface area contributed by atoms with E-state index in [0.29, 0.717) is 40.9 Å². The highest BCUT2D eigenvalue weighted by atomic mass is 35.5. The van der Waals surface area contributed by atoms with Crippen LogP contribution in [-0.2, 0) is 4.74 Å². The summed E-state index contributed by atoms with van der Waals surface area (Å²) in [6.07, 6.45) is 0. The summed E-state index contributed by atoms with van der Waals surface area (Å²) in [4.78, 5) is 17.4. The van der Waals surface area contributed by atoms with Gasteiger partial charge >= 0.3 is 0 Å². The van der Waals surface area contributed by atoms with E-state index < -0.39 is 0 Å². The highest BCUT2D eigenvalue weighted by Crippen LogP contribution is 2.33. The largest absolute Gasteiger partial charge is 0.487 e. The van der Waals surface area contributed by atoms with E-state index in [9.17, 15) is 4.79 Å². The van der Waals surface area contributed by atoms with Crippen molar-refractivity contribution in [2.45, 2.75) is 13.8 Å². The van der Waals surface area contributed by atoms with E-state index in [0.717, 1.165) is 16.5 Å². The number of anilines is 1. The van der Waals surface area contributed by atoms with Crippen molar-refractivity contribution in [1.29, 1.82) is 0 Å². The van der Waals surface area contributed by atoms with Crippen molar-refractivity contribution in [1.82, 2.24) is 4.98 Å². The first-order valence-corrected chi connectivity index (χ1v) is 8.97. The van der Waals surface area contributed by atoms with Crippen LogP contribution in [0.1, 0.15) is 21.6 Å². The topological polar surface area (TPSA) is 60.5 Å². The molecule has 27 heavy (non-hydrogen) atoms. The zero-order chi connectivity index (χ0) is 19.4. The van der Waals surface area contributed by atoms with Gasteiger partial charge in [-0.15, -0.1) is 0 Å². The van der Waals surface area contributed by atoms with Gasteiger partial charge in [0.25, 0.3) is 5.91 Å². The number of hydrogen-bond acceptors (Lipinski definition) is 4. The molecule has 1 N–H and O–H groups in total. The highest BCUT2D eigenvalue weighted by molar-refractivity contribution is 6.32. The maximum Gasteiger partial charge on any atom is 0.257 e. The van der Waals surface area contributed by atoms with Crippen LogP contribution in [-0.4, -0.2) is 31.2 Å². The molecular formula is C21H21ClN2O3. The van der Waals surface area contributed by atoms with Crippen molar-refractivity contribution in [3.8, 4) is 5.75 Å². The molecule has 0 bridgehead atoms. The van der Waals surface area contributed by atoms with Crippen LogP contribution in [0.2, 0.25) is 5.02 Å². The Bertz CT molecular complexity index is 989. The molecule has 5 nitrogen and oxygen atoms in total. The van der Waals surface area contributed by atoms with Gasteiger partial charge in [0.1, 0.15) is 6.61 Å². The van der Waals surface area contributed by atoms with E-state index in [2.05, 4.69) is 10.3 Å². The molecular weight excluding hydrogens is 364 g/mol. The van der Waals surface area contributed by atoms with Gasteiger partial charge in [0.15, 0.2) is 5.75 Å². The Balaban J connectivity index is 1.90. The van der Waals surface area contributed by atoms with E-state index in [1.807, 2.05) is 38.1 Å². The second-order valence-corrected chi connectivity index (χ2v) is 6.64. The van der Waals surface area contributed by atoms with Crippen molar-refractivity contribution in [3.63, 3.8) is 0 Å². The van der Waals surface area contributed by atoms with E-state index in [1.165, 1.54) is 0 Å². The molecule has 1 amide bonds. The Hall–Kier alpha value is -2.63. The summed E-state index contributed by atoms with van der Waals surface area (Å²) in [6.45, 7) is 4.58. The number of aryl methyl sites for hydroxylation is 2. The lowest BCUT2D eigenvalue weighted by atomic mass is 10.1. The second kappa shape index (κ2) is 8.37. The molecule has 0 spiro atoms. The number of rotatable bonds is 6. The van der Waals surface area contributed by atoms with Gasteiger partial charge in [-0.05, 0) is 44.2 Å². The summed E-state index contributed by atoms with van der Waals surface area (Å²) < 4.78 is 10.7. The van der Waals surface area contributed by atoms with E-state index in [4.69, 9.17) is 21.1 Å². The number of methoxy groups -OCH3 is 1. The molecule has 0 aliphatic carbocycles. The molecule has 0 unspecified atom stereocenters. The number of aromatic nitrogens is 1. The van der Waals surface area contributed by atoms with Crippen LogP contribution in [0.3, 0.4) is 0 Å². The Morgan fingerprint density at radius 3 is 2.74 bits per heavy atom. The van der Waals surface area contributed by atoms with Crippen LogP contribution < -0.4 is 10.1 Å². The number of halogens is 1. The lowest BCUT2D eigenvalue weighted by molar-refractivity contribution is 0.102. The van der Waals surface area contributed by atoms with Gasteiger partial charge in [-0.3, -0.25) is 9.78 Å². The Labute approximate surface area is 163 Å². The summed E-state index contributed by atoms with van der Waals surface area (Å²) >= 11 is 6.24. The second-order valence-electron chi connectivity index (χ2n) is 6.23. The Morgan fingerprint density at radius 1 is 1.15 bits per heavy atom. The minimum Gasteiger partial charge on any atom is -0.487 e. The number of ether oxygens (including phenoxy) is 2. The molecule has 0 saturated heterocycles. The summed E-state index contributed by atoms with van der Waals surface area (Å²) in [5.41, 5.74) is 3.65. The standard InChI is InChI=1S/C21H21ClN2O3/c1-13-7-8-18-15(11-13)12-16(14(2)23-18)21(25)24-19-6-4-5-17(22)20(19)27-10-9-26-3/h4-8,11-12H,9-10H2,1-3H3,(H,24,25). The zero-order valence-corrected chi connectivity index (χ0v) is 16.3. The van der Waals surface area contributed by atoms with Crippen molar-refractivity contribution in [3.05, 3.63) is 64.3 Å². The number of nitrogens with one attached hydrogen (secondary N) is 1. The molecule has 0 aliphatic rings. The third kappa shape index (κ3) is 4.38. The molecule has 6 heteroatoms. The van der Waals surface area contributed by atoms with Crippen molar-refractivity contribution >= 4 is 34.1 Å². The molecule has 0 fully saturated rings. The molecule has 2 aromatic carbocycles. The number of fused-ring (bicyclic) bond motifs is 1. The third-order valence-corrected chi connectivity index (χ3v) is 4.45. The average molecular weight is 385 g/mol. The summed E-state index contributed by atoms with van der Waals surface area (Å²) in [5, 5.41) is 4.23. The number of pyridine rings is 1. The number of nitrogens with zero attached hydrogens (tertiary/aromatic N) is 1. The van der Waals surface area contributed by atoms with Crippen LogP contribution in [0.4, 0.5) is 5.69 Å². The van der Waals surface area contributed by atoms with Gasteiger partial charge < -0.3 is 14.8 Å². The number of carbonyl (C=O) groups is 1. The number of para-hydroxylation sites is 1. The molecule has 0 saturated carbocycles. The fourth-order valence-electron chi connectivity index (χ4n) is 2.79. The third-order valence-electron chi connectivity index (χ3n) is 4.15. The number of hydrogen-bond donors (Lipinski definition) is 1. The molecule has 0 atom stereocenters. The van der Waals surface area contributed by atoms with Gasteiger partial charge in [0.2, 0.25) is 0 Å². The fraction of sp³-hybridized carbons (Fsp3) is 0.238. The van der Waals surface area contributed by atoms with Crippen LogP contribution in [0, 0.1) is 13.8 Å². The lowest BCUT2D eigenvalue weighted by Crippen LogP contribution is -2.16. The minimum atomic E-state index is -0.262. The fourth-order valence-corrected chi connectivity index (χ4v) is 3.02. The zero-order valence-electron chi connectivity index (χ0n) is 15.5. The average Bonchev–Trinajstić information content (AvgIpc) is 2.63. The first-order valence-electron chi connectivity index (χ1n) is 8.59. The predicted octanol–water partition coefficient (Wildman–Crippen LogP) is 4.78. The van der Waals surface area contributed by atoms with Crippen LogP contribution >= 0.6 is 11.6 Å². The molecule has 0 aliphatic heterocycles. The first kappa shape index (κ1) is 19.1. The van der Waals surface area contributed by atoms with Crippen LogP contribution in [0.5, 0.6) is 5.75 Å². The molecule has 3 rings (SSSR count). The summed E-state index contributed by atoms with van der Waals surface area (Å²) in [5.74, 6) is 0.161. The molecule has 1 heterocycles. The molecule has 1 aromatic heterocycles. The van der Waals surface area contributed by atoms with Crippen LogP contribution in [0.25, 0.3) is 10.9 Å². The van der Waals surface area contributed by atoms with Gasteiger partial charge in [0.05, 0.1) is 34.1 Å². The molecule has 3 aromatic rings. The normalized spacial score (nSPS) is 10.8. The van der Waals surface area contributed by atoms with Gasteiger partial charge in [-0.2, -0.15) is 0 Å². The van der Waals surface area contributed by atoms with Gasteiger partial charge in [-0.1, -0.05) is 29.3 Å². The lowest BCUT2D eigenvalue weighted by Gasteiger charge is -2.14. The quantitative estimate of drug-likeness (QED) is 0.621. The SMILES string of the molecule is COCCOc1c(Cl)cccc1NC(=O)c1cc2cc(C)ccc2nc1C. The van der Waals surface area contributed by atoms with Gasteiger partial charge in [-0.25, -0.2) is 0 Å². The van der Waals surface area contributed by atoms with Crippen LogP contribution in [0.15, 0.2) is 42.5 Å². The Kier molecular flexibility index (Phi) is 5.94. The van der Waals surface area contributed by atoms with Crippen molar-refractivity contribution in [2.75, 3.05) is 25.6 Å². The summed E-state index contributed by atoms with van der Waals surface area (Å²) in [6, 6.07) is 13.1. The van der Waals surface area contributed by atoms with E-state index in [1.54, 1.807) is 25.3 Å². The maximum absolute atomic E-state index is 12.9. The molecule has 0 radical (unpaired) electrons. The number of benzene rings is 2. The first-order chi connectivity index (χ1) is 13.0. The Morgan fingerprint density at radius 2 is 1.96 bits per heavy atom. The molecule has 140 valence electrons. The number of carbonyl (C=O) groups excluding carboxylic acids is 1. The monoisotopic (exact) mass is 384 g/mol. The predicted molar refractivity (Wildman–Crippen MR) is 108 cm³/mol. The maximum atomic E-state index is 12.9. The summed E-state index contributed by atoms with van der Waals surface area (Å²) in [7, 11) is 1.59. The highest BCUT2D eigenvalue weighted by Gasteiger charge is 2.16. The van der Waals surface area contributed by atoms with Crippen molar-refractivity contribution in [2.24, 2.45) is 0 Å². The smallest absolute Gasteiger partial charge is 0.257 e. The van der Waals surface area contributed by atoms with Gasteiger partial charge in [0, 0.05) is 12.5 Å². The van der Waals surface area contributed by atoms with E-state index in [-0.39, 0.29) is 5.91 Å². The minimum absolute atomic E-state index is 0.262. The van der Waals surface area contributed by atoms with E-state index >= 15 is 0 Å². The number of amides is 1. The van der Waals surface area contributed by atoms with Crippen molar-refractivity contribution < 1.29 is 14.3 Å².